The van der Waals surface area contributed by atoms with E-state index in [4.69, 9.17) is 18.9 Å². The van der Waals surface area contributed by atoms with Crippen molar-refractivity contribution in [3.8, 4) is 17.2 Å². The third-order valence-electron chi connectivity index (χ3n) is 5.59. The van der Waals surface area contributed by atoms with Crippen molar-refractivity contribution in [3.05, 3.63) is 71.8 Å². The van der Waals surface area contributed by atoms with E-state index in [2.05, 4.69) is 6.58 Å². The molecule has 0 saturated carbocycles. The van der Waals surface area contributed by atoms with Crippen molar-refractivity contribution in [2.75, 3.05) is 40.6 Å². The molecule has 35 heavy (non-hydrogen) atoms. The van der Waals surface area contributed by atoms with Crippen LogP contribution >= 0.6 is 0 Å². The zero-order chi connectivity index (χ0) is 25.4. The first-order valence-electron chi connectivity index (χ1n) is 11.4. The van der Waals surface area contributed by atoms with Gasteiger partial charge < -0.3 is 29.0 Å². The van der Waals surface area contributed by atoms with E-state index < -0.39 is 17.7 Å². The number of ketones is 1. The molecule has 0 radical (unpaired) electrons. The third kappa shape index (κ3) is 5.66. The van der Waals surface area contributed by atoms with Gasteiger partial charge in [-0.25, -0.2) is 0 Å². The van der Waals surface area contributed by atoms with E-state index in [0.29, 0.717) is 54.6 Å². The van der Waals surface area contributed by atoms with Crippen LogP contribution in [0.5, 0.6) is 17.2 Å². The molecular formula is C27H31NO7. The fraction of sp³-hybridized carbons (Fsp3) is 0.333. The molecular weight excluding hydrogens is 450 g/mol. The van der Waals surface area contributed by atoms with Gasteiger partial charge in [-0.2, -0.15) is 0 Å². The SMILES string of the molecule is C=CCOc1ccc(C(O)=C2C(=O)C(=O)N(CCCOC)[C@H]2c2ccc(OCC)c(OC)c2)cc1. The van der Waals surface area contributed by atoms with Crippen LogP contribution in [0.25, 0.3) is 5.76 Å². The number of nitrogens with zero attached hydrogens (tertiary/aromatic N) is 1. The number of carbonyl (C=O) groups is 2. The molecule has 0 spiro atoms. The average Bonchev–Trinajstić information content (AvgIpc) is 3.13. The van der Waals surface area contributed by atoms with Crippen LogP contribution in [0.2, 0.25) is 0 Å². The topological polar surface area (TPSA) is 94.5 Å². The number of aliphatic hydroxyl groups excluding tert-OH is 1. The molecule has 3 rings (SSSR count). The van der Waals surface area contributed by atoms with Crippen molar-refractivity contribution in [2.45, 2.75) is 19.4 Å². The number of ether oxygens (including phenoxy) is 4. The molecule has 1 amide bonds. The van der Waals surface area contributed by atoms with Gasteiger partial charge in [0.1, 0.15) is 18.1 Å². The number of hydrogen-bond donors (Lipinski definition) is 1. The predicted molar refractivity (Wildman–Crippen MR) is 132 cm³/mol. The van der Waals surface area contributed by atoms with Crippen LogP contribution < -0.4 is 14.2 Å². The van der Waals surface area contributed by atoms with Crippen LogP contribution in [0.15, 0.2) is 60.7 Å². The van der Waals surface area contributed by atoms with Gasteiger partial charge in [0.05, 0.1) is 25.3 Å². The van der Waals surface area contributed by atoms with E-state index in [-0.39, 0.29) is 17.9 Å². The first-order chi connectivity index (χ1) is 17.0. The first-order valence-corrected chi connectivity index (χ1v) is 11.4. The summed E-state index contributed by atoms with van der Waals surface area (Å²) in [5, 5.41) is 11.2. The van der Waals surface area contributed by atoms with Crippen molar-refractivity contribution < 1.29 is 33.6 Å². The zero-order valence-electron chi connectivity index (χ0n) is 20.3. The summed E-state index contributed by atoms with van der Waals surface area (Å²) in [6.07, 6.45) is 2.16. The molecule has 2 aromatic carbocycles. The lowest BCUT2D eigenvalue weighted by Crippen LogP contribution is -2.31. The first kappa shape index (κ1) is 25.8. The number of benzene rings is 2. The van der Waals surface area contributed by atoms with Gasteiger partial charge in [0.25, 0.3) is 11.7 Å². The number of rotatable bonds is 12. The van der Waals surface area contributed by atoms with E-state index in [1.165, 1.54) is 12.0 Å². The Morgan fingerprint density at radius 2 is 1.83 bits per heavy atom. The molecule has 0 aromatic heterocycles. The maximum atomic E-state index is 13.1. The highest BCUT2D eigenvalue weighted by Gasteiger charge is 2.46. The summed E-state index contributed by atoms with van der Waals surface area (Å²) in [7, 11) is 3.10. The van der Waals surface area contributed by atoms with Crippen LogP contribution in [0.3, 0.4) is 0 Å². The summed E-state index contributed by atoms with van der Waals surface area (Å²) in [5.41, 5.74) is 1.03. The molecule has 1 aliphatic heterocycles. The summed E-state index contributed by atoms with van der Waals surface area (Å²) in [6, 6.07) is 11.1. The van der Waals surface area contributed by atoms with E-state index in [9.17, 15) is 14.7 Å². The Kier molecular flexibility index (Phi) is 8.92. The van der Waals surface area contributed by atoms with Gasteiger partial charge in [0, 0.05) is 25.8 Å². The van der Waals surface area contributed by atoms with Gasteiger partial charge in [0.2, 0.25) is 0 Å². The molecule has 1 N–H and O–H groups in total. The molecule has 1 aliphatic rings. The standard InChI is InChI=1S/C27H31NO7/c1-5-15-35-20-11-8-18(9-12-20)25(29)23-24(28(14-7-16-32-3)27(31)26(23)30)19-10-13-21(34-6-2)22(17-19)33-4/h5,8-13,17,24,29H,1,6-7,14-16H2,2-4H3/t24-/m0/s1. The second kappa shape index (κ2) is 12.1. The molecule has 186 valence electrons. The summed E-state index contributed by atoms with van der Waals surface area (Å²) in [5.74, 6) is -0.0723. The summed E-state index contributed by atoms with van der Waals surface area (Å²) in [6.45, 7) is 6.99. The molecule has 1 atom stereocenters. The van der Waals surface area contributed by atoms with Crippen LogP contribution in [0.4, 0.5) is 0 Å². The number of likely N-dealkylation sites (tertiary alicyclic amines) is 1. The van der Waals surface area contributed by atoms with E-state index in [1.807, 2.05) is 6.92 Å². The molecule has 0 aliphatic carbocycles. The Morgan fingerprint density at radius 3 is 2.46 bits per heavy atom. The Bertz CT molecular complexity index is 1090. The van der Waals surface area contributed by atoms with Crippen molar-refractivity contribution >= 4 is 17.4 Å². The molecule has 8 nitrogen and oxygen atoms in total. The van der Waals surface area contributed by atoms with E-state index in [0.717, 1.165) is 0 Å². The zero-order valence-corrected chi connectivity index (χ0v) is 20.3. The molecule has 1 saturated heterocycles. The van der Waals surface area contributed by atoms with Crippen molar-refractivity contribution in [1.29, 1.82) is 0 Å². The van der Waals surface area contributed by atoms with Crippen LogP contribution in [0, 0.1) is 0 Å². The number of Topliss-reactive ketones (excluding diaryl/α,β-unsaturated/α-hetero) is 1. The van der Waals surface area contributed by atoms with Gasteiger partial charge in [-0.05, 0) is 55.3 Å². The number of methoxy groups -OCH3 is 2. The molecule has 0 bridgehead atoms. The number of amides is 1. The lowest BCUT2D eigenvalue weighted by molar-refractivity contribution is -0.140. The van der Waals surface area contributed by atoms with Gasteiger partial charge in [-0.1, -0.05) is 18.7 Å². The Balaban J connectivity index is 2.09. The summed E-state index contributed by atoms with van der Waals surface area (Å²) in [4.78, 5) is 27.6. The smallest absolute Gasteiger partial charge is 0.295 e. The van der Waals surface area contributed by atoms with E-state index in [1.54, 1.807) is 55.7 Å². The molecule has 0 unspecified atom stereocenters. The van der Waals surface area contributed by atoms with Crippen LogP contribution in [0.1, 0.15) is 30.5 Å². The molecule has 1 fully saturated rings. The summed E-state index contributed by atoms with van der Waals surface area (Å²) >= 11 is 0. The summed E-state index contributed by atoms with van der Waals surface area (Å²) < 4.78 is 21.7. The van der Waals surface area contributed by atoms with Gasteiger partial charge >= 0.3 is 0 Å². The van der Waals surface area contributed by atoms with Crippen molar-refractivity contribution in [2.24, 2.45) is 0 Å². The maximum Gasteiger partial charge on any atom is 0.295 e. The highest BCUT2D eigenvalue weighted by Crippen LogP contribution is 2.42. The number of hydrogen-bond acceptors (Lipinski definition) is 7. The normalized spacial score (nSPS) is 16.9. The van der Waals surface area contributed by atoms with E-state index >= 15 is 0 Å². The van der Waals surface area contributed by atoms with Crippen molar-refractivity contribution in [3.63, 3.8) is 0 Å². The van der Waals surface area contributed by atoms with Gasteiger partial charge in [-0.3, -0.25) is 9.59 Å². The molecule has 8 heteroatoms. The highest BCUT2D eigenvalue weighted by molar-refractivity contribution is 6.46. The monoisotopic (exact) mass is 481 g/mol. The fourth-order valence-electron chi connectivity index (χ4n) is 3.99. The van der Waals surface area contributed by atoms with Crippen LogP contribution in [-0.4, -0.2) is 62.3 Å². The minimum atomic E-state index is -0.798. The minimum absolute atomic E-state index is 0.0124. The average molecular weight is 482 g/mol. The quantitative estimate of drug-likeness (QED) is 0.160. The molecule has 1 heterocycles. The fourth-order valence-corrected chi connectivity index (χ4v) is 3.99. The van der Waals surface area contributed by atoms with Gasteiger partial charge in [0.15, 0.2) is 11.5 Å². The number of aliphatic hydroxyl groups is 1. The number of carbonyl (C=O) groups excluding carboxylic acids is 2. The van der Waals surface area contributed by atoms with Crippen molar-refractivity contribution in [1.82, 2.24) is 4.90 Å². The van der Waals surface area contributed by atoms with Gasteiger partial charge in [-0.15, -0.1) is 0 Å². The van der Waals surface area contributed by atoms with Crippen LogP contribution in [-0.2, 0) is 14.3 Å². The Labute approximate surface area is 205 Å². The lowest BCUT2D eigenvalue weighted by Gasteiger charge is -2.26. The Morgan fingerprint density at radius 1 is 1.09 bits per heavy atom. The highest BCUT2D eigenvalue weighted by atomic mass is 16.5. The third-order valence-corrected chi connectivity index (χ3v) is 5.59. The minimum Gasteiger partial charge on any atom is -0.507 e. The molecule has 2 aromatic rings. The predicted octanol–water partition coefficient (Wildman–Crippen LogP) is 4.12. The second-order valence-electron chi connectivity index (χ2n) is 7.81. The lowest BCUT2D eigenvalue weighted by atomic mass is 9.95. The maximum absolute atomic E-state index is 13.1. The Hall–Kier alpha value is -3.78. The second-order valence-corrected chi connectivity index (χ2v) is 7.81. The largest absolute Gasteiger partial charge is 0.507 e.